The van der Waals surface area contributed by atoms with Gasteiger partial charge in [-0.1, -0.05) is 0 Å². The van der Waals surface area contributed by atoms with Gasteiger partial charge in [-0.3, -0.25) is 4.98 Å². The number of pyridine rings is 1. The lowest BCUT2D eigenvalue weighted by atomic mass is 10.3. The van der Waals surface area contributed by atoms with E-state index in [0.717, 1.165) is 21.3 Å². The van der Waals surface area contributed by atoms with Crippen LogP contribution in [0.1, 0.15) is 0 Å². The van der Waals surface area contributed by atoms with Gasteiger partial charge in [-0.2, -0.15) is 0 Å². The van der Waals surface area contributed by atoms with E-state index in [4.69, 9.17) is 12.2 Å². The standard InChI is InChI=1S/C9H7N3S2/c1-12-7-6(11-9(12)13)4-10-5-2-3-14-8(5)7/h2-4H,1H3,(H,11,13). The van der Waals surface area contributed by atoms with Crippen LogP contribution in [0.5, 0.6) is 0 Å². The molecule has 3 heterocycles. The Morgan fingerprint density at radius 1 is 1.57 bits per heavy atom. The number of hydrogen-bond acceptors (Lipinski definition) is 3. The fourth-order valence-corrected chi connectivity index (χ4v) is 2.76. The highest BCUT2D eigenvalue weighted by atomic mass is 32.1. The third-order valence-electron chi connectivity index (χ3n) is 2.33. The van der Waals surface area contributed by atoms with Crippen LogP contribution in [0.25, 0.3) is 21.3 Å². The van der Waals surface area contributed by atoms with Crippen LogP contribution in [0.3, 0.4) is 0 Å². The molecule has 0 amide bonds. The van der Waals surface area contributed by atoms with Gasteiger partial charge in [-0.15, -0.1) is 11.3 Å². The van der Waals surface area contributed by atoms with E-state index >= 15 is 0 Å². The molecular formula is C9H7N3S2. The fraction of sp³-hybridized carbons (Fsp3) is 0.111. The molecule has 3 nitrogen and oxygen atoms in total. The van der Waals surface area contributed by atoms with Crippen LogP contribution in [-0.4, -0.2) is 14.5 Å². The van der Waals surface area contributed by atoms with E-state index in [1.165, 1.54) is 4.70 Å². The van der Waals surface area contributed by atoms with Gasteiger partial charge in [0.05, 0.1) is 27.4 Å². The summed E-state index contributed by atoms with van der Waals surface area (Å²) in [6, 6.07) is 2.02. The number of nitrogens with one attached hydrogen (secondary N) is 1. The first kappa shape index (κ1) is 8.14. The first-order chi connectivity index (χ1) is 6.77. The molecule has 0 aromatic carbocycles. The number of aryl methyl sites for hydroxylation is 1. The minimum Gasteiger partial charge on any atom is -0.329 e. The number of nitrogens with zero attached hydrogens (tertiary/aromatic N) is 2. The Morgan fingerprint density at radius 2 is 2.43 bits per heavy atom. The van der Waals surface area contributed by atoms with Crippen LogP contribution in [0.15, 0.2) is 17.6 Å². The highest BCUT2D eigenvalue weighted by molar-refractivity contribution is 7.71. The summed E-state index contributed by atoms with van der Waals surface area (Å²) in [7, 11) is 1.97. The van der Waals surface area contributed by atoms with Crippen molar-refractivity contribution in [1.82, 2.24) is 14.5 Å². The largest absolute Gasteiger partial charge is 0.329 e. The molecule has 0 bridgehead atoms. The molecule has 0 aliphatic rings. The van der Waals surface area contributed by atoms with Gasteiger partial charge in [0, 0.05) is 7.05 Å². The minimum atomic E-state index is 0.739. The second-order valence-corrected chi connectivity index (χ2v) is 4.45. The summed E-state index contributed by atoms with van der Waals surface area (Å²) in [4.78, 5) is 7.47. The summed E-state index contributed by atoms with van der Waals surface area (Å²) in [5, 5.41) is 2.05. The van der Waals surface area contributed by atoms with Gasteiger partial charge in [-0.25, -0.2) is 0 Å². The number of fused-ring (bicyclic) bond motifs is 3. The lowest BCUT2D eigenvalue weighted by molar-refractivity contribution is 0.930. The van der Waals surface area contributed by atoms with E-state index in [0.29, 0.717) is 0 Å². The van der Waals surface area contributed by atoms with Crippen molar-refractivity contribution in [3.05, 3.63) is 22.4 Å². The number of hydrogen-bond donors (Lipinski definition) is 1. The van der Waals surface area contributed by atoms with Crippen LogP contribution in [-0.2, 0) is 7.05 Å². The average molecular weight is 221 g/mol. The topological polar surface area (TPSA) is 33.6 Å². The maximum atomic E-state index is 5.18. The summed E-state index contributed by atoms with van der Waals surface area (Å²) in [6.45, 7) is 0. The first-order valence-electron chi connectivity index (χ1n) is 4.18. The molecule has 0 saturated carbocycles. The lowest BCUT2D eigenvalue weighted by Crippen LogP contribution is -1.86. The molecule has 0 spiro atoms. The SMILES string of the molecule is Cn1c(=S)[nH]c2cnc3ccsc3c21. The van der Waals surface area contributed by atoms with Crippen molar-refractivity contribution < 1.29 is 0 Å². The van der Waals surface area contributed by atoms with Crippen LogP contribution < -0.4 is 0 Å². The molecule has 70 valence electrons. The number of H-pyrrole nitrogens is 1. The lowest BCUT2D eigenvalue weighted by Gasteiger charge is -1.95. The Morgan fingerprint density at radius 3 is 3.29 bits per heavy atom. The van der Waals surface area contributed by atoms with E-state index < -0.39 is 0 Å². The Balaban J connectivity index is 2.73. The van der Waals surface area contributed by atoms with Gasteiger partial charge in [0.15, 0.2) is 4.77 Å². The van der Waals surface area contributed by atoms with E-state index in [1.54, 1.807) is 11.3 Å². The first-order valence-corrected chi connectivity index (χ1v) is 5.47. The molecule has 0 radical (unpaired) electrons. The normalized spacial score (nSPS) is 11.5. The van der Waals surface area contributed by atoms with Crippen LogP contribution in [0.2, 0.25) is 0 Å². The maximum Gasteiger partial charge on any atom is 0.177 e. The molecule has 1 N–H and O–H groups in total. The average Bonchev–Trinajstić information content (AvgIpc) is 2.72. The summed E-state index contributed by atoms with van der Waals surface area (Å²) in [6.07, 6.45) is 1.83. The predicted molar refractivity (Wildman–Crippen MR) is 61.3 cm³/mol. The number of thiophene rings is 1. The second-order valence-electron chi connectivity index (χ2n) is 3.14. The summed E-state index contributed by atoms with van der Waals surface area (Å²) in [5.41, 5.74) is 3.19. The molecular weight excluding hydrogens is 214 g/mol. The van der Waals surface area contributed by atoms with Crippen molar-refractivity contribution in [3.8, 4) is 0 Å². The molecule has 14 heavy (non-hydrogen) atoms. The van der Waals surface area contributed by atoms with Crippen molar-refractivity contribution in [2.75, 3.05) is 0 Å². The van der Waals surface area contributed by atoms with Crippen molar-refractivity contribution in [2.24, 2.45) is 7.05 Å². The zero-order chi connectivity index (χ0) is 9.71. The Labute approximate surface area is 89.0 Å². The van der Waals surface area contributed by atoms with Crippen LogP contribution in [0, 0.1) is 4.77 Å². The highest BCUT2D eigenvalue weighted by Crippen LogP contribution is 2.27. The molecule has 0 aliphatic heterocycles. The van der Waals surface area contributed by atoms with Crippen molar-refractivity contribution in [3.63, 3.8) is 0 Å². The molecule has 3 aromatic rings. The third kappa shape index (κ3) is 0.908. The van der Waals surface area contributed by atoms with Gasteiger partial charge in [0.2, 0.25) is 0 Å². The Bertz CT molecular complexity index is 674. The summed E-state index contributed by atoms with van der Waals surface area (Å²) < 4.78 is 3.92. The van der Waals surface area contributed by atoms with Crippen molar-refractivity contribution in [2.45, 2.75) is 0 Å². The maximum absolute atomic E-state index is 5.18. The molecule has 3 aromatic heterocycles. The molecule has 0 fully saturated rings. The van der Waals surface area contributed by atoms with Crippen molar-refractivity contribution in [1.29, 1.82) is 0 Å². The van der Waals surface area contributed by atoms with Gasteiger partial charge in [0.25, 0.3) is 0 Å². The quantitative estimate of drug-likeness (QED) is 0.592. The van der Waals surface area contributed by atoms with Gasteiger partial charge in [0.1, 0.15) is 0 Å². The second kappa shape index (κ2) is 2.65. The van der Waals surface area contributed by atoms with Crippen LogP contribution >= 0.6 is 23.6 Å². The van der Waals surface area contributed by atoms with Crippen molar-refractivity contribution >= 4 is 44.8 Å². The molecule has 0 atom stereocenters. The zero-order valence-corrected chi connectivity index (χ0v) is 9.08. The number of imidazole rings is 1. The smallest absolute Gasteiger partial charge is 0.177 e. The number of aromatic amines is 1. The molecule has 0 aliphatic carbocycles. The monoisotopic (exact) mass is 221 g/mol. The van der Waals surface area contributed by atoms with Gasteiger partial charge in [-0.05, 0) is 23.7 Å². The molecule has 0 unspecified atom stereocenters. The highest BCUT2D eigenvalue weighted by Gasteiger charge is 2.07. The predicted octanol–water partition coefficient (Wildman–Crippen LogP) is 2.85. The number of aromatic nitrogens is 3. The van der Waals surface area contributed by atoms with E-state index in [9.17, 15) is 0 Å². The third-order valence-corrected chi connectivity index (χ3v) is 3.62. The zero-order valence-electron chi connectivity index (χ0n) is 7.44. The molecule has 3 rings (SSSR count). The van der Waals surface area contributed by atoms with E-state index in [-0.39, 0.29) is 0 Å². The molecule has 0 saturated heterocycles. The Hall–Kier alpha value is -1.20. The summed E-state index contributed by atoms with van der Waals surface area (Å²) >= 11 is 6.87. The van der Waals surface area contributed by atoms with E-state index in [2.05, 4.69) is 9.97 Å². The number of rotatable bonds is 0. The summed E-state index contributed by atoms with van der Waals surface area (Å²) in [5.74, 6) is 0. The van der Waals surface area contributed by atoms with Crippen LogP contribution in [0.4, 0.5) is 0 Å². The van der Waals surface area contributed by atoms with Gasteiger partial charge < -0.3 is 9.55 Å². The minimum absolute atomic E-state index is 0.739. The molecule has 5 heteroatoms. The fourth-order valence-electron chi connectivity index (χ4n) is 1.62. The van der Waals surface area contributed by atoms with Gasteiger partial charge >= 0.3 is 0 Å². The Kier molecular flexibility index (Phi) is 1.54. The van der Waals surface area contributed by atoms with E-state index in [1.807, 2.05) is 29.3 Å².